The maximum Gasteiger partial charge on any atom is 0.121 e. The second-order valence-corrected chi connectivity index (χ2v) is 5.72. The van der Waals surface area contributed by atoms with Crippen LogP contribution in [0.2, 0.25) is 0 Å². The van der Waals surface area contributed by atoms with Crippen molar-refractivity contribution in [3.05, 3.63) is 24.0 Å². The third kappa shape index (κ3) is 2.18. The first-order valence-corrected chi connectivity index (χ1v) is 7.64. The summed E-state index contributed by atoms with van der Waals surface area (Å²) in [6, 6.07) is 4.15. The molecule has 20 heavy (non-hydrogen) atoms. The summed E-state index contributed by atoms with van der Waals surface area (Å²) in [6.07, 6.45) is 5.18. The Kier molecular flexibility index (Phi) is 3.66. The zero-order chi connectivity index (χ0) is 14.1. The number of phenolic OH excluding ortho intramolecular Hbond substituents is 1. The lowest BCUT2D eigenvalue weighted by Crippen LogP contribution is -2.42. The molecule has 4 heteroatoms. The Bertz CT molecular complexity index is 599. The minimum atomic E-state index is 0.414. The van der Waals surface area contributed by atoms with Gasteiger partial charge in [0.1, 0.15) is 5.75 Å². The van der Waals surface area contributed by atoms with Gasteiger partial charge in [0.05, 0.1) is 17.4 Å². The first kappa shape index (κ1) is 13.4. The molecule has 1 N–H and O–H groups in total. The number of imidazole rings is 1. The number of phenols is 1. The van der Waals surface area contributed by atoms with E-state index in [2.05, 4.69) is 28.3 Å². The second-order valence-electron chi connectivity index (χ2n) is 5.72. The molecular weight excluding hydrogens is 250 g/mol. The number of rotatable bonds is 5. The van der Waals surface area contributed by atoms with E-state index in [1.54, 1.807) is 6.07 Å². The second kappa shape index (κ2) is 5.44. The Labute approximate surface area is 120 Å². The molecule has 4 nitrogen and oxygen atoms in total. The van der Waals surface area contributed by atoms with Crippen LogP contribution in [0.4, 0.5) is 0 Å². The summed E-state index contributed by atoms with van der Waals surface area (Å²) in [5.41, 5.74) is 3.18. The number of benzene rings is 1. The lowest BCUT2D eigenvalue weighted by molar-refractivity contribution is 0.173. The molecule has 1 aromatic heterocycles. The molecule has 0 saturated heterocycles. The number of nitrogens with zero attached hydrogens (tertiary/aromatic N) is 3. The maximum absolute atomic E-state index is 10.2. The molecule has 0 spiro atoms. The molecule has 0 aliphatic carbocycles. The zero-order valence-corrected chi connectivity index (χ0v) is 12.3. The maximum atomic E-state index is 10.2. The van der Waals surface area contributed by atoms with Gasteiger partial charge >= 0.3 is 0 Å². The van der Waals surface area contributed by atoms with Crippen molar-refractivity contribution >= 4 is 11.0 Å². The minimum Gasteiger partial charge on any atom is -0.508 e. The van der Waals surface area contributed by atoms with Crippen LogP contribution in [0.3, 0.4) is 0 Å². The number of aromatic hydroxyl groups is 1. The Morgan fingerprint density at radius 2 is 2.05 bits per heavy atom. The van der Waals surface area contributed by atoms with Gasteiger partial charge in [-0.05, 0) is 44.5 Å². The van der Waals surface area contributed by atoms with Crippen LogP contribution >= 0.6 is 0 Å². The van der Waals surface area contributed by atoms with Crippen LogP contribution in [0.15, 0.2) is 18.5 Å². The largest absolute Gasteiger partial charge is 0.508 e. The molecule has 0 radical (unpaired) electrons. The molecule has 0 saturated carbocycles. The summed E-state index contributed by atoms with van der Waals surface area (Å²) >= 11 is 0. The molecule has 1 aromatic carbocycles. The van der Waals surface area contributed by atoms with Crippen molar-refractivity contribution in [3.63, 3.8) is 0 Å². The van der Waals surface area contributed by atoms with Gasteiger partial charge in [0, 0.05) is 18.2 Å². The van der Waals surface area contributed by atoms with Gasteiger partial charge in [0.15, 0.2) is 0 Å². The van der Waals surface area contributed by atoms with Crippen LogP contribution in [0.1, 0.15) is 32.3 Å². The lowest BCUT2D eigenvalue weighted by atomic mass is 9.98. The molecular formula is C16H23N3O. The van der Waals surface area contributed by atoms with Gasteiger partial charge in [0.2, 0.25) is 0 Å². The molecule has 0 fully saturated rings. The normalized spacial score (nSPS) is 18.1. The summed E-state index contributed by atoms with van der Waals surface area (Å²) in [4.78, 5) is 7.01. The van der Waals surface area contributed by atoms with Crippen LogP contribution < -0.4 is 0 Å². The molecule has 2 heterocycles. The van der Waals surface area contributed by atoms with Gasteiger partial charge < -0.3 is 9.67 Å². The fraction of sp³-hybridized carbons (Fsp3) is 0.562. The first-order chi connectivity index (χ1) is 9.74. The average molecular weight is 273 g/mol. The summed E-state index contributed by atoms with van der Waals surface area (Å²) in [5.74, 6) is 0.414. The van der Waals surface area contributed by atoms with Gasteiger partial charge in [-0.25, -0.2) is 4.98 Å². The van der Waals surface area contributed by atoms with E-state index in [9.17, 15) is 5.11 Å². The Hall–Kier alpha value is -1.55. The van der Waals surface area contributed by atoms with Crippen LogP contribution in [-0.4, -0.2) is 38.7 Å². The van der Waals surface area contributed by atoms with Crippen molar-refractivity contribution in [2.24, 2.45) is 0 Å². The van der Waals surface area contributed by atoms with Gasteiger partial charge in [-0.2, -0.15) is 0 Å². The predicted molar refractivity (Wildman–Crippen MR) is 81.0 cm³/mol. The number of aromatic nitrogens is 2. The quantitative estimate of drug-likeness (QED) is 0.910. The van der Waals surface area contributed by atoms with Crippen molar-refractivity contribution in [2.45, 2.75) is 45.7 Å². The van der Waals surface area contributed by atoms with Crippen molar-refractivity contribution in [3.8, 4) is 5.75 Å². The third-order valence-electron chi connectivity index (χ3n) is 4.25. The highest BCUT2D eigenvalue weighted by atomic mass is 16.3. The standard InChI is InChI=1S/C16H23N3O/c1-3-7-18(8-4-2)12-9-13-15(20)6-5-14-16(13)19(10-12)11-17-14/h5-6,11-12,20H,3-4,7-10H2,1-2H3. The molecule has 1 aliphatic rings. The predicted octanol–water partition coefficient (Wildman–Crippen LogP) is 2.79. The summed E-state index contributed by atoms with van der Waals surface area (Å²) in [6.45, 7) is 7.68. The Balaban J connectivity index is 1.95. The molecule has 108 valence electrons. The van der Waals surface area contributed by atoms with Gasteiger partial charge in [0.25, 0.3) is 0 Å². The lowest BCUT2D eigenvalue weighted by Gasteiger charge is -2.34. The molecule has 2 aromatic rings. The third-order valence-corrected chi connectivity index (χ3v) is 4.25. The number of hydrogen-bond acceptors (Lipinski definition) is 3. The topological polar surface area (TPSA) is 41.3 Å². The number of hydrogen-bond donors (Lipinski definition) is 1. The van der Waals surface area contributed by atoms with E-state index < -0.39 is 0 Å². The first-order valence-electron chi connectivity index (χ1n) is 7.64. The Morgan fingerprint density at radius 1 is 1.30 bits per heavy atom. The van der Waals surface area contributed by atoms with Crippen molar-refractivity contribution in [1.29, 1.82) is 0 Å². The highest BCUT2D eigenvalue weighted by Gasteiger charge is 2.27. The molecule has 0 bridgehead atoms. The summed E-state index contributed by atoms with van der Waals surface area (Å²) in [5, 5.41) is 10.2. The average Bonchev–Trinajstić information content (AvgIpc) is 2.86. The smallest absolute Gasteiger partial charge is 0.121 e. The van der Waals surface area contributed by atoms with E-state index in [1.807, 2.05) is 12.4 Å². The summed E-state index contributed by atoms with van der Waals surface area (Å²) in [7, 11) is 0. The highest BCUT2D eigenvalue weighted by molar-refractivity contribution is 5.82. The highest BCUT2D eigenvalue weighted by Crippen LogP contribution is 2.32. The van der Waals surface area contributed by atoms with E-state index in [0.717, 1.165) is 42.7 Å². The minimum absolute atomic E-state index is 0.414. The van der Waals surface area contributed by atoms with E-state index in [4.69, 9.17) is 0 Å². The van der Waals surface area contributed by atoms with Crippen LogP contribution in [-0.2, 0) is 13.0 Å². The van der Waals surface area contributed by atoms with E-state index in [0.29, 0.717) is 11.8 Å². The van der Waals surface area contributed by atoms with E-state index in [1.165, 1.54) is 12.8 Å². The molecule has 1 unspecified atom stereocenters. The molecule has 3 rings (SSSR count). The van der Waals surface area contributed by atoms with Gasteiger partial charge in [-0.1, -0.05) is 13.8 Å². The van der Waals surface area contributed by atoms with E-state index >= 15 is 0 Å². The molecule has 1 atom stereocenters. The van der Waals surface area contributed by atoms with Crippen molar-refractivity contribution in [2.75, 3.05) is 13.1 Å². The Morgan fingerprint density at radius 3 is 2.75 bits per heavy atom. The monoisotopic (exact) mass is 273 g/mol. The van der Waals surface area contributed by atoms with Crippen LogP contribution in [0, 0.1) is 0 Å². The fourth-order valence-electron chi connectivity index (χ4n) is 3.39. The molecule has 1 aliphatic heterocycles. The van der Waals surface area contributed by atoms with Crippen LogP contribution in [0.5, 0.6) is 5.75 Å². The zero-order valence-electron chi connectivity index (χ0n) is 12.3. The van der Waals surface area contributed by atoms with Crippen molar-refractivity contribution in [1.82, 2.24) is 14.5 Å². The van der Waals surface area contributed by atoms with E-state index in [-0.39, 0.29) is 0 Å². The van der Waals surface area contributed by atoms with Crippen molar-refractivity contribution < 1.29 is 5.11 Å². The summed E-state index contributed by atoms with van der Waals surface area (Å²) < 4.78 is 2.21. The van der Waals surface area contributed by atoms with Gasteiger partial charge in [-0.3, -0.25) is 4.90 Å². The van der Waals surface area contributed by atoms with Crippen LogP contribution in [0.25, 0.3) is 11.0 Å². The van der Waals surface area contributed by atoms with Gasteiger partial charge in [-0.15, -0.1) is 0 Å². The fourth-order valence-corrected chi connectivity index (χ4v) is 3.39. The SMILES string of the molecule is CCCN(CCC)C1Cc2c(O)ccc3ncn(c23)C1. The molecule has 0 amide bonds.